The van der Waals surface area contributed by atoms with Crippen molar-refractivity contribution < 1.29 is 13.2 Å². The molecule has 4 N–H and O–H groups in total. The van der Waals surface area contributed by atoms with E-state index in [1.807, 2.05) is 0 Å². The molecule has 0 amide bonds. The van der Waals surface area contributed by atoms with Gasteiger partial charge >= 0.3 is 6.18 Å². The van der Waals surface area contributed by atoms with Gasteiger partial charge in [-0.2, -0.15) is 18.2 Å². The quantitative estimate of drug-likeness (QED) is 0.823. The van der Waals surface area contributed by atoms with Crippen LogP contribution in [0.15, 0.2) is 12.1 Å². The van der Waals surface area contributed by atoms with Crippen LogP contribution >= 0.6 is 0 Å². The maximum absolute atomic E-state index is 13.0. The van der Waals surface area contributed by atoms with Crippen LogP contribution in [-0.2, 0) is 5.41 Å². The number of hydrogen-bond acceptors (Lipinski definition) is 5. The summed E-state index contributed by atoms with van der Waals surface area (Å²) < 4.78 is 39.1. The second-order valence-corrected chi connectivity index (χ2v) is 4.61. The predicted molar refractivity (Wildman–Crippen MR) is 63.1 cm³/mol. The van der Waals surface area contributed by atoms with E-state index in [0.717, 1.165) is 0 Å². The van der Waals surface area contributed by atoms with Crippen LogP contribution in [0.4, 0.5) is 24.9 Å². The molecule has 0 aliphatic heterocycles. The summed E-state index contributed by atoms with van der Waals surface area (Å²) in [6, 6.07) is 2.77. The summed E-state index contributed by atoms with van der Waals surface area (Å²) in [6.07, 6.45) is -4.22. The van der Waals surface area contributed by atoms with Gasteiger partial charge in [0, 0.05) is 0 Å². The third kappa shape index (κ3) is 1.66. The molecular weight excluding hydrogens is 259 g/mol. The lowest BCUT2D eigenvalue weighted by atomic mass is 10.0. The Bertz CT molecular complexity index is 663. The van der Waals surface area contributed by atoms with Crippen molar-refractivity contribution in [2.75, 3.05) is 11.5 Å². The van der Waals surface area contributed by atoms with Crippen LogP contribution in [0.2, 0.25) is 0 Å². The molecule has 0 saturated heterocycles. The zero-order chi connectivity index (χ0) is 13.8. The number of rotatable bonds is 1. The molecule has 1 saturated carbocycles. The number of halogens is 3. The maximum atomic E-state index is 13.0. The van der Waals surface area contributed by atoms with Crippen LogP contribution in [0, 0.1) is 0 Å². The first-order valence-electron chi connectivity index (χ1n) is 5.60. The van der Waals surface area contributed by atoms with Gasteiger partial charge < -0.3 is 11.5 Å². The number of nitrogens with two attached hydrogens (primary N) is 2. The Hall–Kier alpha value is -2.12. The molecule has 2 aromatic heterocycles. The summed E-state index contributed by atoms with van der Waals surface area (Å²) in [5.74, 6) is -0.0427. The number of fused-ring (bicyclic) bond motifs is 1. The molecule has 0 bridgehead atoms. The number of alkyl halides is 3. The lowest BCUT2D eigenvalue weighted by molar-refractivity contribution is -0.161. The van der Waals surface area contributed by atoms with Gasteiger partial charge in [0.05, 0.1) is 11.2 Å². The smallest absolute Gasteiger partial charge is 0.382 e. The van der Waals surface area contributed by atoms with Crippen molar-refractivity contribution in [1.29, 1.82) is 0 Å². The Morgan fingerprint density at radius 3 is 2.32 bits per heavy atom. The first-order chi connectivity index (χ1) is 8.83. The van der Waals surface area contributed by atoms with Gasteiger partial charge in [-0.05, 0) is 25.0 Å². The van der Waals surface area contributed by atoms with Gasteiger partial charge in [0.2, 0.25) is 5.95 Å². The number of pyridine rings is 1. The molecule has 100 valence electrons. The number of nitrogens with zero attached hydrogens (tertiary/aromatic N) is 3. The van der Waals surface area contributed by atoms with E-state index in [2.05, 4.69) is 15.0 Å². The van der Waals surface area contributed by atoms with Gasteiger partial charge in [-0.15, -0.1) is 0 Å². The fraction of sp³-hybridized carbons (Fsp3) is 0.364. The van der Waals surface area contributed by atoms with Crippen LogP contribution < -0.4 is 11.5 Å². The maximum Gasteiger partial charge on any atom is 0.399 e. The molecule has 1 aliphatic rings. The highest BCUT2D eigenvalue weighted by Gasteiger charge is 2.65. The molecule has 0 unspecified atom stereocenters. The minimum Gasteiger partial charge on any atom is -0.382 e. The van der Waals surface area contributed by atoms with Gasteiger partial charge in [-0.1, -0.05) is 0 Å². The van der Waals surface area contributed by atoms with E-state index in [-0.39, 0.29) is 35.8 Å². The lowest BCUT2D eigenvalue weighted by Crippen LogP contribution is -2.29. The van der Waals surface area contributed by atoms with E-state index >= 15 is 0 Å². The van der Waals surface area contributed by atoms with Crippen LogP contribution in [0.25, 0.3) is 11.0 Å². The first-order valence-corrected chi connectivity index (χ1v) is 5.60. The highest BCUT2D eigenvalue weighted by atomic mass is 19.4. The van der Waals surface area contributed by atoms with E-state index in [1.165, 1.54) is 12.1 Å². The molecule has 1 fully saturated rings. The predicted octanol–water partition coefficient (Wildman–Crippen LogP) is 1.78. The minimum absolute atomic E-state index is 0.0117. The normalized spacial score (nSPS) is 17.6. The van der Waals surface area contributed by atoms with Gasteiger partial charge in [0.1, 0.15) is 10.9 Å². The Balaban J connectivity index is 2.18. The average Bonchev–Trinajstić information content (AvgIpc) is 3.08. The Kier molecular flexibility index (Phi) is 2.17. The van der Waals surface area contributed by atoms with Crippen molar-refractivity contribution in [2.45, 2.75) is 24.4 Å². The average molecular weight is 269 g/mol. The zero-order valence-electron chi connectivity index (χ0n) is 9.70. The molecule has 0 atom stereocenters. The van der Waals surface area contributed by atoms with Gasteiger partial charge in [0.25, 0.3) is 0 Å². The van der Waals surface area contributed by atoms with Crippen LogP contribution in [-0.4, -0.2) is 21.1 Å². The standard InChI is InChI=1S/C11H10F3N5/c12-11(13,14)10(3-4-10)6-2-1-5-7(18-6)8(15)19-9(16)17-5/h1-2H,3-4H2,(H4,15,16,17,19). The molecule has 8 heteroatoms. The molecular formula is C11H10F3N5. The van der Waals surface area contributed by atoms with Crippen LogP contribution in [0.5, 0.6) is 0 Å². The highest BCUT2D eigenvalue weighted by Crippen LogP contribution is 2.58. The molecule has 0 aromatic carbocycles. The third-order valence-corrected chi connectivity index (χ3v) is 3.37. The number of hydrogen-bond donors (Lipinski definition) is 2. The van der Waals surface area contributed by atoms with E-state index in [0.29, 0.717) is 5.52 Å². The lowest BCUT2D eigenvalue weighted by Gasteiger charge is -2.18. The second-order valence-electron chi connectivity index (χ2n) is 4.61. The third-order valence-electron chi connectivity index (χ3n) is 3.37. The molecule has 2 aromatic rings. The molecule has 0 radical (unpaired) electrons. The van der Waals surface area contributed by atoms with Crippen molar-refractivity contribution in [2.24, 2.45) is 0 Å². The van der Waals surface area contributed by atoms with Crippen LogP contribution in [0.1, 0.15) is 18.5 Å². The van der Waals surface area contributed by atoms with E-state index in [4.69, 9.17) is 11.5 Å². The van der Waals surface area contributed by atoms with Gasteiger partial charge in [0.15, 0.2) is 5.82 Å². The second kappa shape index (κ2) is 3.46. The van der Waals surface area contributed by atoms with Crippen molar-refractivity contribution in [1.82, 2.24) is 15.0 Å². The summed E-state index contributed by atoms with van der Waals surface area (Å²) >= 11 is 0. The molecule has 2 heterocycles. The molecule has 0 spiro atoms. The van der Waals surface area contributed by atoms with E-state index < -0.39 is 11.6 Å². The molecule has 19 heavy (non-hydrogen) atoms. The Morgan fingerprint density at radius 1 is 1.05 bits per heavy atom. The minimum atomic E-state index is -4.31. The molecule has 3 rings (SSSR count). The monoisotopic (exact) mass is 269 g/mol. The van der Waals surface area contributed by atoms with Crippen molar-refractivity contribution in [3.05, 3.63) is 17.8 Å². The van der Waals surface area contributed by atoms with Crippen molar-refractivity contribution >= 4 is 22.8 Å². The number of nitrogen functional groups attached to an aromatic ring is 2. The number of aromatic nitrogens is 3. The number of anilines is 2. The fourth-order valence-electron chi connectivity index (χ4n) is 2.13. The van der Waals surface area contributed by atoms with E-state index in [1.54, 1.807) is 0 Å². The topological polar surface area (TPSA) is 90.7 Å². The Morgan fingerprint density at radius 2 is 1.74 bits per heavy atom. The first kappa shape index (κ1) is 11.9. The van der Waals surface area contributed by atoms with Crippen LogP contribution in [0.3, 0.4) is 0 Å². The summed E-state index contributed by atoms with van der Waals surface area (Å²) in [4.78, 5) is 11.6. The largest absolute Gasteiger partial charge is 0.399 e. The molecule has 5 nitrogen and oxygen atoms in total. The summed E-state index contributed by atoms with van der Waals surface area (Å²) in [6.45, 7) is 0. The summed E-state index contributed by atoms with van der Waals surface area (Å²) in [5.41, 5.74) is 9.67. The fourth-order valence-corrected chi connectivity index (χ4v) is 2.13. The SMILES string of the molecule is Nc1nc(N)c2nc(C3(C(F)(F)F)CC3)ccc2n1. The summed E-state index contributed by atoms with van der Waals surface area (Å²) in [7, 11) is 0. The molecule has 1 aliphatic carbocycles. The highest BCUT2D eigenvalue weighted by molar-refractivity contribution is 5.85. The van der Waals surface area contributed by atoms with Gasteiger partial charge in [-0.25, -0.2) is 9.97 Å². The Labute approximate surface area is 105 Å². The van der Waals surface area contributed by atoms with Crippen molar-refractivity contribution in [3.8, 4) is 0 Å². The zero-order valence-corrected chi connectivity index (χ0v) is 9.70. The van der Waals surface area contributed by atoms with E-state index in [9.17, 15) is 13.2 Å². The van der Waals surface area contributed by atoms with Gasteiger partial charge in [-0.3, -0.25) is 0 Å². The van der Waals surface area contributed by atoms with Crippen molar-refractivity contribution in [3.63, 3.8) is 0 Å². The summed E-state index contributed by atoms with van der Waals surface area (Å²) in [5, 5.41) is 0.